The minimum absolute atomic E-state index is 0.184. The third-order valence-electron chi connectivity index (χ3n) is 9.31. The highest BCUT2D eigenvalue weighted by atomic mass is 16.4. The molecule has 4 fully saturated rings. The van der Waals surface area contributed by atoms with Crippen LogP contribution in [0.5, 0.6) is 0 Å². The van der Waals surface area contributed by atoms with Crippen LogP contribution in [0, 0.1) is 28.6 Å². The monoisotopic (exact) mass is 456 g/mol. The van der Waals surface area contributed by atoms with E-state index < -0.39 is 29.7 Å². The summed E-state index contributed by atoms with van der Waals surface area (Å²) in [6.07, 6.45) is 13.7. The molecule has 0 amide bonds. The van der Waals surface area contributed by atoms with Crippen LogP contribution in [0.3, 0.4) is 0 Å². The lowest BCUT2D eigenvalue weighted by molar-refractivity contribution is -0.146. The fourth-order valence-electron chi connectivity index (χ4n) is 6.98. The van der Waals surface area contributed by atoms with Crippen molar-refractivity contribution in [1.29, 1.82) is 0 Å². The molecule has 0 saturated heterocycles. The summed E-state index contributed by atoms with van der Waals surface area (Å²) in [5.41, 5.74) is 2.36. The van der Waals surface area contributed by atoms with Gasteiger partial charge in [-0.25, -0.2) is 0 Å². The summed E-state index contributed by atoms with van der Waals surface area (Å²) in [6, 6.07) is 0. The average molecular weight is 457 g/mol. The second-order valence-electron chi connectivity index (χ2n) is 11.3. The first-order valence-electron chi connectivity index (χ1n) is 12.6. The maximum atomic E-state index is 11.5. The predicted octanol–water partition coefficient (Wildman–Crippen LogP) is 4.55. The van der Waals surface area contributed by atoms with Crippen molar-refractivity contribution in [2.45, 2.75) is 89.9 Å². The van der Waals surface area contributed by atoms with E-state index in [0.717, 1.165) is 36.8 Å². The zero-order valence-electron chi connectivity index (χ0n) is 20.0. The number of carboxylic acid groups (broad SMARTS) is 1. The molecule has 0 aromatic carbocycles. The van der Waals surface area contributed by atoms with Crippen molar-refractivity contribution in [2.24, 2.45) is 28.6 Å². The SMILES string of the molecule is C=C1/C(=C\C=C2/CCC[C@]3(C)[C@@H]([C@H](C)/C=C/[C@@H](O)C4(C(=O)O)CC4)CC[C@@H]23)C[C@@H](O)C[C@@H]1O. The quantitative estimate of drug-likeness (QED) is 0.440. The molecule has 4 saturated carbocycles. The predicted molar refractivity (Wildman–Crippen MR) is 128 cm³/mol. The van der Waals surface area contributed by atoms with Gasteiger partial charge in [0.2, 0.25) is 0 Å². The van der Waals surface area contributed by atoms with Crippen molar-refractivity contribution in [3.8, 4) is 0 Å². The molecule has 0 aliphatic heterocycles. The number of rotatable bonds is 6. The molecular weight excluding hydrogens is 416 g/mol. The molecule has 0 spiro atoms. The van der Waals surface area contributed by atoms with Crippen LogP contribution >= 0.6 is 0 Å². The van der Waals surface area contributed by atoms with Crippen molar-refractivity contribution in [3.63, 3.8) is 0 Å². The van der Waals surface area contributed by atoms with E-state index in [1.54, 1.807) is 6.08 Å². The van der Waals surface area contributed by atoms with E-state index in [9.17, 15) is 25.2 Å². The van der Waals surface area contributed by atoms with E-state index >= 15 is 0 Å². The normalized spacial score (nSPS) is 40.2. The van der Waals surface area contributed by atoms with Gasteiger partial charge in [0, 0.05) is 6.42 Å². The van der Waals surface area contributed by atoms with Crippen molar-refractivity contribution in [2.75, 3.05) is 0 Å². The molecule has 0 heterocycles. The molecule has 4 aliphatic carbocycles. The number of allylic oxidation sites excluding steroid dienone is 4. The van der Waals surface area contributed by atoms with Gasteiger partial charge in [-0.05, 0) is 85.7 Å². The van der Waals surface area contributed by atoms with Gasteiger partial charge in [0.05, 0.1) is 23.7 Å². The Morgan fingerprint density at radius 3 is 2.55 bits per heavy atom. The van der Waals surface area contributed by atoms with Gasteiger partial charge >= 0.3 is 5.97 Å². The zero-order valence-corrected chi connectivity index (χ0v) is 20.0. The highest BCUT2D eigenvalue weighted by molar-refractivity contribution is 5.79. The Hall–Kier alpha value is -1.69. The lowest BCUT2D eigenvalue weighted by Gasteiger charge is -2.44. The Labute approximate surface area is 197 Å². The van der Waals surface area contributed by atoms with E-state index in [1.807, 2.05) is 0 Å². The zero-order chi connectivity index (χ0) is 24.0. The van der Waals surface area contributed by atoms with Crippen LogP contribution in [0.2, 0.25) is 0 Å². The summed E-state index contributed by atoms with van der Waals surface area (Å²) in [5.74, 6) is 0.391. The molecule has 0 bridgehead atoms. The van der Waals surface area contributed by atoms with Crippen LogP contribution in [0.15, 0.2) is 47.6 Å². The smallest absolute Gasteiger partial charge is 0.312 e. The number of fused-ring (bicyclic) bond motifs is 1. The minimum atomic E-state index is -0.961. The first-order valence-corrected chi connectivity index (χ1v) is 12.6. The van der Waals surface area contributed by atoms with Gasteiger partial charge in [-0.2, -0.15) is 0 Å². The van der Waals surface area contributed by atoms with E-state index in [4.69, 9.17) is 0 Å². The third kappa shape index (κ3) is 4.52. The maximum absolute atomic E-state index is 11.5. The summed E-state index contributed by atoms with van der Waals surface area (Å²) in [6.45, 7) is 8.64. The van der Waals surface area contributed by atoms with E-state index in [0.29, 0.717) is 37.5 Å². The molecule has 4 N–H and O–H groups in total. The van der Waals surface area contributed by atoms with Gasteiger partial charge < -0.3 is 20.4 Å². The molecule has 5 nitrogen and oxygen atoms in total. The third-order valence-corrected chi connectivity index (χ3v) is 9.31. The van der Waals surface area contributed by atoms with Gasteiger partial charge in [0.1, 0.15) is 0 Å². The second-order valence-corrected chi connectivity index (χ2v) is 11.3. The number of carbonyl (C=O) groups is 1. The van der Waals surface area contributed by atoms with Crippen LogP contribution in [0.25, 0.3) is 0 Å². The van der Waals surface area contributed by atoms with Gasteiger partial charge in [-0.15, -0.1) is 0 Å². The van der Waals surface area contributed by atoms with Crippen molar-refractivity contribution in [1.82, 2.24) is 0 Å². The summed E-state index contributed by atoms with van der Waals surface area (Å²) >= 11 is 0. The van der Waals surface area contributed by atoms with Gasteiger partial charge in [0.25, 0.3) is 0 Å². The van der Waals surface area contributed by atoms with Crippen molar-refractivity contribution < 1.29 is 25.2 Å². The summed E-state index contributed by atoms with van der Waals surface area (Å²) in [4.78, 5) is 11.5. The van der Waals surface area contributed by atoms with Crippen LogP contribution in [-0.4, -0.2) is 44.7 Å². The van der Waals surface area contributed by atoms with Crippen LogP contribution in [-0.2, 0) is 4.79 Å². The first-order chi connectivity index (χ1) is 15.6. The lowest BCUT2D eigenvalue weighted by Crippen LogP contribution is -2.35. The second kappa shape index (κ2) is 9.16. The van der Waals surface area contributed by atoms with Crippen LogP contribution < -0.4 is 0 Å². The number of carboxylic acids is 1. The topological polar surface area (TPSA) is 98.0 Å². The molecule has 0 unspecified atom stereocenters. The molecule has 4 rings (SSSR count). The summed E-state index contributed by atoms with van der Waals surface area (Å²) in [7, 11) is 0. The number of hydrogen-bond acceptors (Lipinski definition) is 4. The van der Waals surface area contributed by atoms with Crippen molar-refractivity contribution >= 4 is 5.97 Å². The number of aliphatic carboxylic acids is 1. The van der Waals surface area contributed by atoms with Crippen LogP contribution in [0.4, 0.5) is 0 Å². The highest BCUT2D eigenvalue weighted by Gasteiger charge is 2.55. The number of aliphatic hydroxyl groups excluding tert-OH is 3. The van der Waals surface area contributed by atoms with E-state index in [1.165, 1.54) is 12.0 Å². The summed E-state index contributed by atoms with van der Waals surface area (Å²) in [5, 5.41) is 40.1. The number of aliphatic hydroxyl groups is 3. The molecular formula is C28H40O5. The molecule has 4 aliphatic rings. The Morgan fingerprint density at radius 1 is 1.15 bits per heavy atom. The van der Waals surface area contributed by atoms with Gasteiger partial charge in [-0.1, -0.05) is 50.3 Å². The number of hydrogen-bond donors (Lipinski definition) is 4. The maximum Gasteiger partial charge on any atom is 0.312 e. The molecule has 0 radical (unpaired) electrons. The fourth-order valence-corrected chi connectivity index (χ4v) is 6.98. The van der Waals surface area contributed by atoms with Crippen molar-refractivity contribution in [3.05, 3.63) is 47.6 Å². The minimum Gasteiger partial charge on any atom is -0.481 e. The largest absolute Gasteiger partial charge is 0.481 e. The van der Waals surface area contributed by atoms with Gasteiger partial charge in [0.15, 0.2) is 0 Å². The average Bonchev–Trinajstić information content (AvgIpc) is 3.50. The molecule has 182 valence electrons. The molecule has 7 atom stereocenters. The fraction of sp³-hybridized carbons (Fsp3) is 0.679. The Balaban J connectivity index is 1.48. The van der Waals surface area contributed by atoms with Gasteiger partial charge in [-0.3, -0.25) is 4.79 Å². The molecule has 0 aromatic heterocycles. The Bertz CT molecular complexity index is 879. The standard InChI is InChI=1S/C28H40O5/c1-17(6-11-25(31)28(13-14-28)26(32)33)22-9-10-23-19(5-4-12-27(22,23)3)7-8-20-15-21(29)16-24(30)18(20)2/h6-8,11,17,21-25,29-31H,2,4-5,9-10,12-16H2,1,3H3,(H,32,33)/b11-6+,19-7+,20-8-/t17-,21-,22-,23+,24+,25-,27-/m1/s1. The highest BCUT2D eigenvalue weighted by Crippen LogP contribution is 2.59. The Morgan fingerprint density at radius 2 is 1.88 bits per heavy atom. The van der Waals surface area contributed by atoms with Crippen LogP contribution in [0.1, 0.15) is 71.6 Å². The molecule has 0 aromatic rings. The first kappa shape index (κ1) is 24.4. The summed E-state index contributed by atoms with van der Waals surface area (Å²) < 4.78 is 0. The van der Waals surface area contributed by atoms with E-state index in [2.05, 4.69) is 38.7 Å². The Kier molecular flexibility index (Phi) is 6.78. The lowest BCUT2D eigenvalue weighted by atomic mass is 9.61. The molecule has 5 heteroatoms. The molecule has 33 heavy (non-hydrogen) atoms. The van der Waals surface area contributed by atoms with E-state index in [-0.39, 0.29) is 11.3 Å².